The molecule has 146 valence electrons. The van der Waals surface area contributed by atoms with Crippen molar-refractivity contribution >= 4 is 17.1 Å². The molecule has 0 bridgehead atoms. The van der Waals surface area contributed by atoms with E-state index in [1.807, 2.05) is 23.1 Å². The van der Waals surface area contributed by atoms with Gasteiger partial charge in [-0.15, -0.1) is 0 Å². The Morgan fingerprint density at radius 2 is 1.93 bits per heavy atom. The molecular formula is C20H22N4O4. The highest BCUT2D eigenvalue weighted by atomic mass is 16.6. The zero-order valence-electron chi connectivity index (χ0n) is 15.8. The lowest BCUT2D eigenvalue weighted by molar-refractivity contribution is -0.384. The molecule has 8 nitrogen and oxygen atoms in total. The van der Waals surface area contributed by atoms with Crippen LogP contribution in [0.4, 0.5) is 17.1 Å². The Balaban J connectivity index is 1.80. The third-order valence-corrected chi connectivity index (χ3v) is 4.79. The molecule has 8 heteroatoms. The normalized spacial score (nSPS) is 16.2. The fraction of sp³-hybridized carbons (Fsp3) is 0.350. The Bertz CT molecular complexity index is 887. The van der Waals surface area contributed by atoms with Gasteiger partial charge in [0.15, 0.2) is 0 Å². The van der Waals surface area contributed by atoms with Gasteiger partial charge < -0.3 is 19.7 Å². The Kier molecular flexibility index (Phi) is 5.84. The minimum absolute atomic E-state index is 0.0391. The van der Waals surface area contributed by atoms with Crippen LogP contribution in [0.5, 0.6) is 11.5 Å². The van der Waals surface area contributed by atoms with E-state index in [0.29, 0.717) is 23.7 Å². The molecule has 0 aromatic heterocycles. The molecule has 0 radical (unpaired) electrons. The molecule has 0 saturated carbocycles. The predicted octanol–water partition coefficient (Wildman–Crippen LogP) is 3.56. The van der Waals surface area contributed by atoms with Gasteiger partial charge in [-0.3, -0.25) is 10.1 Å². The van der Waals surface area contributed by atoms with E-state index in [1.165, 1.54) is 6.07 Å². The minimum atomic E-state index is -0.430. The number of nitrogens with zero attached hydrogens (tertiary/aromatic N) is 3. The summed E-state index contributed by atoms with van der Waals surface area (Å²) in [5, 5.41) is 24.0. The number of hydrogen-bond acceptors (Lipinski definition) is 7. The molecule has 0 aliphatic carbocycles. The van der Waals surface area contributed by atoms with Crippen LogP contribution >= 0.6 is 0 Å². The van der Waals surface area contributed by atoms with E-state index in [-0.39, 0.29) is 17.3 Å². The molecule has 1 aliphatic rings. The second-order valence-electron chi connectivity index (χ2n) is 6.60. The van der Waals surface area contributed by atoms with Crippen molar-refractivity contribution in [2.75, 3.05) is 37.5 Å². The summed E-state index contributed by atoms with van der Waals surface area (Å²) >= 11 is 0. The molecule has 0 amide bonds. The van der Waals surface area contributed by atoms with Crippen molar-refractivity contribution in [3.63, 3.8) is 0 Å². The number of ether oxygens (including phenoxy) is 2. The van der Waals surface area contributed by atoms with E-state index in [1.54, 1.807) is 32.4 Å². The number of nitro benzene ring substituents is 1. The van der Waals surface area contributed by atoms with Gasteiger partial charge >= 0.3 is 0 Å². The Morgan fingerprint density at radius 1 is 1.21 bits per heavy atom. The van der Waals surface area contributed by atoms with Crippen molar-refractivity contribution in [1.82, 2.24) is 0 Å². The van der Waals surface area contributed by atoms with Crippen molar-refractivity contribution in [2.45, 2.75) is 18.9 Å². The quantitative estimate of drug-likeness (QED) is 0.602. The summed E-state index contributed by atoms with van der Waals surface area (Å²) in [6.45, 7) is 1.35. The van der Waals surface area contributed by atoms with Crippen LogP contribution in [0.25, 0.3) is 0 Å². The lowest BCUT2D eigenvalue weighted by Gasteiger charge is -2.35. The van der Waals surface area contributed by atoms with Crippen molar-refractivity contribution in [1.29, 1.82) is 5.26 Å². The Labute approximate surface area is 163 Å². The van der Waals surface area contributed by atoms with Gasteiger partial charge in [0.1, 0.15) is 17.2 Å². The summed E-state index contributed by atoms with van der Waals surface area (Å²) < 4.78 is 10.6. The van der Waals surface area contributed by atoms with Crippen molar-refractivity contribution in [3.8, 4) is 17.6 Å². The van der Waals surface area contributed by atoms with E-state index in [9.17, 15) is 10.1 Å². The number of benzene rings is 2. The summed E-state index contributed by atoms with van der Waals surface area (Å²) in [7, 11) is 3.20. The van der Waals surface area contributed by atoms with Crippen LogP contribution in [-0.4, -0.2) is 38.3 Å². The molecule has 1 fully saturated rings. The second-order valence-corrected chi connectivity index (χ2v) is 6.60. The third kappa shape index (κ3) is 4.26. The smallest absolute Gasteiger partial charge is 0.293 e. The van der Waals surface area contributed by atoms with Crippen molar-refractivity contribution < 1.29 is 14.4 Å². The molecule has 1 unspecified atom stereocenters. The van der Waals surface area contributed by atoms with Crippen LogP contribution in [0.15, 0.2) is 36.4 Å². The molecule has 1 N–H and O–H groups in total. The number of rotatable bonds is 6. The number of piperidine rings is 1. The standard InChI is InChI=1S/C20H22N4O4/c1-27-17-9-16(10-18(11-17)28-2)22-15-4-3-7-23(13-15)19-6-5-14(12-21)8-20(19)24(25)26/h5-6,8-11,15,22H,3-4,7,13H2,1-2H3. The fourth-order valence-electron chi connectivity index (χ4n) is 3.45. The monoisotopic (exact) mass is 382 g/mol. The average molecular weight is 382 g/mol. The van der Waals surface area contributed by atoms with Crippen LogP contribution in [0.3, 0.4) is 0 Å². The summed E-state index contributed by atoms with van der Waals surface area (Å²) in [6.07, 6.45) is 1.84. The summed E-state index contributed by atoms with van der Waals surface area (Å²) in [5.41, 5.74) is 1.66. The molecule has 3 rings (SSSR count). The minimum Gasteiger partial charge on any atom is -0.497 e. The average Bonchev–Trinajstić information content (AvgIpc) is 2.73. The summed E-state index contributed by atoms with van der Waals surface area (Å²) in [5.74, 6) is 1.38. The number of methoxy groups -OCH3 is 2. The summed E-state index contributed by atoms with van der Waals surface area (Å²) in [4.78, 5) is 13.0. The Hall–Kier alpha value is -3.47. The van der Waals surface area contributed by atoms with Crippen LogP contribution in [0, 0.1) is 21.4 Å². The number of nitrogens with one attached hydrogen (secondary N) is 1. The van der Waals surface area contributed by atoms with Crippen LogP contribution in [-0.2, 0) is 0 Å². The van der Waals surface area contributed by atoms with Crippen LogP contribution in [0.1, 0.15) is 18.4 Å². The molecule has 1 aliphatic heterocycles. The maximum Gasteiger partial charge on any atom is 0.293 e. The number of nitro groups is 1. The van der Waals surface area contributed by atoms with Gasteiger partial charge in [-0.1, -0.05) is 0 Å². The topological polar surface area (TPSA) is 101 Å². The number of nitriles is 1. The lowest BCUT2D eigenvalue weighted by atomic mass is 10.0. The highest BCUT2D eigenvalue weighted by Crippen LogP contribution is 2.32. The number of hydrogen-bond donors (Lipinski definition) is 1. The SMILES string of the molecule is COc1cc(NC2CCCN(c3ccc(C#N)cc3[N+](=O)[O-])C2)cc(OC)c1. The summed E-state index contributed by atoms with van der Waals surface area (Å²) in [6, 6.07) is 12.3. The van der Waals surface area contributed by atoms with E-state index in [2.05, 4.69) is 5.32 Å². The maximum absolute atomic E-state index is 11.5. The molecule has 0 spiro atoms. The molecule has 2 aromatic carbocycles. The first-order valence-electron chi connectivity index (χ1n) is 8.97. The van der Waals surface area contributed by atoms with Gasteiger partial charge in [-0.2, -0.15) is 5.26 Å². The van der Waals surface area contributed by atoms with Crippen LogP contribution < -0.4 is 19.7 Å². The molecule has 1 heterocycles. The fourth-order valence-corrected chi connectivity index (χ4v) is 3.45. The van der Waals surface area contributed by atoms with Gasteiger partial charge in [0.2, 0.25) is 0 Å². The zero-order valence-corrected chi connectivity index (χ0v) is 15.8. The largest absolute Gasteiger partial charge is 0.497 e. The van der Waals surface area contributed by atoms with E-state index < -0.39 is 4.92 Å². The molecule has 1 saturated heterocycles. The molecule has 2 aromatic rings. The molecular weight excluding hydrogens is 360 g/mol. The van der Waals surface area contributed by atoms with Gasteiger partial charge in [-0.25, -0.2) is 0 Å². The molecule has 1 atom stereocenters. The zero-order chi connectivity index (χ0) is 20.1. The molecule has 28 heavy (non-hydrogen) atoms. The van der Waals surface area contributed by atoms with E-state index >= 15 is 0 Å². The van der Waals surface area contributed by atoms with E-state index in [0.717, 1.165) is 25.1 Å². The lowest BCUT2D eigenvalue weighted by Crippen LogP contribution is -2.42. The Morgan fingerprint density at radius 3 is 2.54 bits per heavy atom. The first-order valence-corrected chi connectivity index (χ1v) is 8.97. The van der Waals surface area contributed by atoms with E-state index in [4.69, 9.17) is 14.7 Å². The van der Waals surface area contributed by atoms with Crippen molar-refractivity contribution in [3.05, 3.63) is 52.1 Å². The van der Waals surface area contributed by atoms with Crippen LogP contribution in [0.2, 0.25) is 0 Å². The van der Waals surface area contributed by atoms with Gasteiger partial charge in [0.25, 0.3) is 5.69 Å². The van der Waals surface area contributed by atoms with Gasteiger partial charge in [-0.05, 0) is 25.0 Å². The highest BCUT2D eigenvalue weighted by Gasteiger charge is 2.26. The second kappa shape index (κ2) is 8.48. The van der Waals surface area contributed by atoms with Gasteiger partial charge in [0.05, 0.1) is 30.8 Å². The highest BCUT2D eigenvalue weighted by molar-refractivity contribution is 5.66. The van der Waals surface area contributed by atoms with Gasteiger partial charge in [0, 0.05) is 49.1 Å². The maximum atomic E-state index is 11.5. The third-order valence-electron chi connectivity index (χ3n) is 4.79. The first-order chi connectivity index (χ1) is 13.5. The number of anilines is 2. The predicted molar refractivity (Wildman–Crippen MR) is 106 cm³/mol. The first kappa shape index (κ1) is 19.3. The van der Waals surface area contributed by atoms with Crippen molar-refractivity contribution in [2.24, 2.45) is 0 Å².